The van der Waals surface area contributed by atoms with Crippen molar-refractivity contribution in [2.24, 2.45) is 7.05 Å². The van der Waals surface area contributed by atoms with E-state index in [2.05, 4.69) is 30.2 Å². The van der Waals surface area contributed by atoms with Crippen LogP contribution in [0.2, 0.25) is 0 Å². The van der Waals surface area contributed by atoms with Crippen molar-refractivity contribution in [3.05, 3.63) is 60.8 Å². The Kier molecular flexibility index (Phi) is 5.33. The van der Waals surface area contributed by atoms with E-state index in [0.717, 1.165) is 28.0 Å². The second kappa shape index (κ2) is 8.68. The monoisotopic (exact) mass is 486 g/mol. The molecule has 2 N–H and O–H groups in total. The zero-order valence-electron chi connectivity index (χ0n) is 19.6. The molecule has 0 bridgehead atoms. The largest absolute Gasteiger partial charge is 0.457 e. The molecule has 2 atom stereocenters. The number of anilines is 3. The molecule has 0 saturated carbocycles. The standard InChI is InChI=1S/C25H23FN8O2/c1-14-7-15(3-6-22(14)36-16-4-5-20-18(8-16)30-13-33(20)2)31-24-23-19(28-12-29-24)9-27-25(32-23)34-10-17(26)21(35)11-34/h3-9,12-13,17,21,35H,10-11H2,1-2H3,(H,28,29,31). The molecule has 11 heteroatoms. The molecule has 2 aromatic carbocycles. The van der Waals surface area contributed by atoms with Crippen LogP contribution in [-0.4, -0.2) is 60.0 Å². The van der Waals surface area contributed by atoms with Crippen LogP contribution in [0.3, 0.4) is 0 Å². The highest BCUT2D eigenvalue weighted by Crippen LogP contribution is 2.31. The Hall–Kier alpha value is -4.38. The molecule has 182 valence electrons. The maximum absolute atomic E-state index is 13.8. The molecule has 0 spiro atoms. The minimum absolute atomic E-state index is 0.0387. The molecular formula is C25H23FN8O2. The number of nitrogens with zero attached hydrogens (tertiary/aromatic N) is 7. The lowest BCUT2D eigenvalue weighted by atomic mass is 10.2. The molecule has 10 nitrogen and oxygen atoms in total. The van der Waals surface area contributed by atoms with Crippen LogP contribution in [0.15, 0.2) is 55.2 Å². The number of hydrogen-bond donors (Lipinski definition) is 2. The van der Waals surface area contributed by atoms with Gasteiger partial charge in [-0.05, 0) is 42.8 Å². The van der Waals surface area contributed by atoms with E-state index in [1.165, 1.54) is 6.33 Å². The SMILES string of the molecule is Cc1cc(Nc2ncnc3cnc(N4CC(O)C(F)C4)nc23)ccc1Oc1ccc2c(c1)ncn2C. The number of imidazole rings is 1. The number of nitrogens with one attached hydrogen (secondary N) is 1. The van der Waals surface area contributed by atoms with E-state index in [4.69, 9.17) is 4.74 Å². The summed E-state index contributed by atoms with van der Waals surface area (Å²) in [6, 6.07) is 11.5. The zero-order valence-corrected chi connectivity index (χ0v) is 19.6. The first kappa shape index (κ1) is 22.1. The fraction of sp³-hybridized carbons (Fsp3) is 0.240. The Morgan fingerprint density at radius 3 is 2.75 bits per heavy atom. The molecule has 36 heavy (non-hydrogen) atoms. The van der Waals surface area contributed by atoms with Gasteiger partial charge in [-0.3, -0.25) is 0 Å². The third-order valence-electron chi connectivity index (χ3n) is 6.23. The average molecular weight is 487 g/mol. The van der Waals surface area contributed by atoms with Crippen LogP contribution in [0.1, 0.15) is 5.56 Å². The van der Waals surface area contributed by atoms with Crippen LogP contribution in [0.5, 0.6) is 11.5 Å². The number of ether oxygens (including phenoxy) is 1. The number of rotatable bonds is 5. The molecule has 1 fully saturated rings. The van der Waals surface area contributed by atoms with E-state index in [9.17, 15) is 9.50 Å². The number of aliphatic hydroxyl groups is 1. The third kappa shape index (κ3) is 4.03. The van der Waals surface area contributed by atoms with E-state index in [0.29, 0.717) is 28.5 Å². The normalized spacial score (nSPS) is 17.7. The first-order chi connectivity index (χ1) is 17.4. The summed E-state index contributed by atoms with van der Waals surface area (Å²) in [6.45, 7) is 2.14. The fourth-order valence-electron chi connectivity index (χ4n) is 4.28. The minimum atomic E-state index is -1.33. The number of hydrogen-bond acceptors (Lipinski definition) is 9. The molecule has 2 unspecified atom stereocenters. The Bertz CT molecular complexity index is 1580. The van der Waals surface area contributed by atoms with Crippen LogP contribution in [-0.2, 0) is 7.05 Å². The molecule has 1 saturated heterocycles. The molecule has 0 aliphatic carbocycles. The first-order valence-electron chi connectivity index (χ1n) is 11.5. The van der Waals surface area contributed by atoms with E-state index < -0.39 is 12.3 Å². The second-order valence-electron chi connectivity index (χ2n) is 8.83. The summed E-state index contributed by atoms with van der Waals surface area (Å²) < 4.78 is 21.9. The molecule has 6 rings (SSSR count). The highest BCUT2D eigenvalue weighted by atomic mass is 19.1. The average Bonchev–Trinajstić information content (AvgIpc) is 3.41. The van der Waals surface area contributed by atoms with Crippen LogP contribution in [0.25, 0.3) is 22.1 Å². The number of halogens is 1. The zero-order chi connectivity index (χ0) is 24.8. The second-order valence-corrected chi connectivity index (χ2v) is 8.83. The van der Waals surface area contributed by atoms with E-state index >= 15 is 0 Å². The van der Waals surface area contributed by atoms with Gasteiger partial charge < -0.3 is 24.6 Å². The Balaban J connectivity index is 1.25. The van der Waals surface area contributed by atoms with Crippen molar-refractivity contribution in [2.45, 2.75) is 19.2 Å². The maximum atomic E-state index is 13.8. The Morgan fingerprint density at radius 1 is 1.06 bits per heavy atom. The van der Waals surface area contributed by atoms with Crippen molar-refractivity contribution in [3.63, 3.8) is 0 Å². The molecule has 3 aromatic heterocycles. The highest BCUT2D eigenvalue weighted by molar-refractivity contribution is 5.87. The molecule has 1 aliphatic heterocycles. The van der Waals surface area contributed by atoms with Crippen LogP contribution < -0.4 is 15.0 Å². The number of aliphatic hydroxyl groups excluding tert-OH is 1. The van der Waals surface area contributed by atoms with Gasteiger partial charge in [-0.2, -0.15) is 0 Å². The molecular weight excluding hydrogens is 463 g/mol. The lowest BCUT2D eigenvalue weighted by Crippen LogP contribution is -2.23. The fourth-order valence-corrected chi connectivity index (χ4v) is 4.28. The summed E-state index contributed by atoms with van der Waals surface area (Å²) in [5, 5.41) is 13.0. The Labute approximate surface area is 205 Å². The predicted molar refractivity (Wildman–Crippen MR) is 133 cm³/mol. The van der Waals surface area contributed by atoms with E-state index in [-0.39, 0.29) is 13.1 Å². The molecule has 0 amide bonds. The molecule has 0 radical (unpaired) electrons. The number of β-amino-alcohol motifs (C(OH)–C–C–N with tert-alkyl or cyclic N) is 1. The van der Waals surface area contributed by atoms with Gasteiger partial charge in [0.15, 0.2) is 5.82 Å². The lowest BCUT2D eigenvalue weighted by molar-refractivity contribution is 0.118. The van der Waals surface area contributed by atoms with Gasteiger partial charge in [0.05, 0.1) is 30.1 Å². The quantitative estimate of drug-likeness (QED) is 0.384. The number of alkyl halides is 1. The molecule has 4 heterocycles. The maximum Gasteiger partial charge on any atom is 0.226 e. The predicted octanol–water partition coefficient (Wildman–Crippen LogP) is 3.67. The van der Waals surface area contributed by atoms with Crippen molar-refractivity contribution in [1.29, 1.82) is 0 Å². The van der Waals surface area contributed by atoms with Gasteiger partial charge in [0.2, 0.25) is 5.95 Å². The van der Waals surface area contributed by atoms with Crippen molar-refractivity contribution in [2.75, 3.05) is 23.3 Å². The van der Waals surface area contributed by atoms with Crippen LogP contribution in [0, 0.1) is 6.92 Å². The number of benzene rings is 2. The summed E-state index contributed by atoms with van der Waals surface area (Å²) in [5.74, 6) is 2.25. The highest BCUT2D eigenvalue weighted by Gasteiger charge is 2.32. The van der Waals surface area contributed by atoms with Gasteiger partial charge in [0.1, 0.15) is 41.1 Å². The van der Waals surface area contributed by atoms with Crippen molar-refractivity contribution in [3.8, 4) is 11.5 Å². The van der Waals surface area contributed by atoms with E-state index in [1.807, 2.05) is 54.9 Å². The summed E-state index contributed by atoms with van der Waals surface area (Å²) in [6.07, 6.45) is 2.40. The van der Waals surface area contributed by atoms with Gasteiger partial charge in [-0.15, -0.1) is 0 Å². The number of fused-ring (bicyclic) bond motifs is 2. The molecule has 1 aliphatic rings. The van der Waals surface area contributed by atoms with Gasteiger partial charge in [-0.1, -0.05) is 0 Å². The van der Waals surface area contributed by atoms with Crippen LogP contribution >= 0.6 is 0 Å². The van der Waals surface area contributed by atoms with Gasteiger partial charge in [-0.25, -0.2) is 29.3 Å². The van der Waals surface area contributed by atoms with Crippen molar-refractivity contribution < 1.29 is 14.2 Å². The van der Waals surface area contributed by atoms with Gasteiger partial charge >= 0.3 is 0 Å². The smallest absolute Gasteiger partial charge is 0.226 e. The van der Waals surface area contributed by atoms with Crippen molar-refractivity contribution in [1.82, 2.24) is 29.5 Å². The summed E-state index contributed by atoms with van der Waals surface area (Å²) in [4.78, 5) is 23.4. The van der Waals surface area contributed by atoms with Gasteiger partial charge in [0.25, 0.3) is 0 Å². The Morgan fingerprint density at radius 2 is 1.94 bits per heavy atom. The first-order valence-corrected chi connectivity index (χ1v) is 11.5. The number of aryl methyl sites for hydroxylation is 2. The summed E-state index contributed by atoms with van der Waals surface area (Å²) >= 11 is 0. The molecule has 5 aromatic rings. The lowest BCUT2D eigenvalue weighted by Gasteiger charge is -2.16. The van der Waals surface area contributed by atoms with Crippen molar-refractivity contribution >= 4 is 39.5 Å². The van der Waals surface area contributed by atoms with Gasteiger partial charge in [0, 0.05) is 25.3 Å². The summed E-state index contributed by atoms with van der Waals surface area (Å²) in [7, 11) is 1.95. The van der Waals surface area contributed by atoms with E-state index in [1.54, 1.807) is 17.4 Å². The summed E-state index contributed by atoms with van der Waals surface area (Å²) in [5.41, 5.74) is 4.67. The third-order valence-corrected chi connectivity index (χ3v) is 6.23. The minimum Gasteiger partial charge on any atom is -0.457 e. The topological polar surface area (TPSA) is 114 Å². The van der Waals surface area contributed by atoms with Crippen LogP contribution in [0.4, 0.5) is 21.8 Å². The number of aromatic nitrogens is 6.